The van der Waals surface area contributed by atoms with Crippen LogP contribution in [0.2, 0.25) is 0 Å². The molecule has 0 N–H and O–H groups in total. The summed E-state index contributed by atoms with van der Waals surface area (Å²) in [5, 5.41) is 12.5. The molecule has 0 amide bonds. The van der Waals surface area contributed by atoms with E-state index in [1.54, 1.807) is 18.2 Å². The van der Waals surface area contributed by atoms with E-state index < -0.39 is 23.8 Å². The minimum atomic E-state index is -4.73. The van der Waals surface area contributed by atoms with Gasteiger partial charge in [0, 0.05) is 17.3 Å². The maximum atomic E-state index is 12.5. The molecule has 0 aliphatic rings. The number of hydrogen-bond acceptors (Lipinski definition) is 6. The molecule has 2 heterocycles. The van der Waals surface area contributed by atoms with Crippen LogP contribution in [0.4, 0.5) is 13.2 Å². The summed E-state index contributed by atoms with van der Waals surface area (Å²) in [7, 11) is 0. The van der Waals surface area contributed by atoms with Gasteiger partial charge >= 0.3 is 12.1 Å². The number of carbonyl (C=O) groups excluding carboxylic acids is 1. The maximum Gasteiger partial charge on any atom is 0.471 e. The molecule has 0 saturated carbocycles. The fourth-order valence-electron chi connectivity index (χ4n) is 2.21. The number of halogens is 3. The van der Waals surface area contributed by atoms with Crippen LogP contribution in [0.5, 0.6) is 0 Å². The quantitative estimate of drug-likeness (QED) is 0.661. The Hall–Kier alpha value is -3.54. The zero-order valence-electron chi connectivity index (χ0n) is 12.9. The van der Waals surface area contributed by atoms with Crippen molar-refractivity contribution in [3.05, 3.63) is 65.8 Å². The molecule has 0 aliphatic heterocycles. The van der Waals surface area contributed by atoms with E-state index in [1.165, 1.54) is 30.5 Å². The number of aromatic nitrogens is 3. The Morgan fingerprint density at radius 3 is 2.42 bits per heavy atom. The molecule has 1 unspecified atom stereocenters. The normalized spacial score (nSPS) is 12.4. The summed E-state index contributed by atoms with van der Waals surface area (Å²) < 4.78 is 41.7. The minimum absolute atomic E-state index is 0.213. The lowest BCUT2D eigenvalue weighted by Crippen LogP contribution is -2.12. The molecular formula is C17H9F3N4O2. The summed E-state index contributed by atoms with van der Waals surface area (Å²) in [4.78, 5) is 19.8. The third kappa shape index (κ3) is 3.44. The zero-order valence-corrected chi connectivity index (χ0v) is 12.9. The fourth-order valence-corrected chi connectivity index (χ4v) is 2.21. The highest BCUT2D eigenvalue weighted by Gasteiger charge is 2.38. The van der Waals surface area contributed by atoms with Crippen molar-refractivity contribution in [2.75, 3.05) is 0 Å². The molecule has 3 rings (SSSR count). The van der Waals surface area contributed by atoms with Crippen LogP contribution in [0.3, 0.4) is 0 Å². The van der Waals surface area contributed by atoms with Crippen LogP contribution in [0.25, 0.3) is 11.4 Å². The van der Waals surface area contributed by atoms with Gasteiger partial charge in [-0.1, -0.05) is 35.5 Å². The lowest BCUT2D eigenvalue weighted by Gasteiger charge is -2.07. The van der Waals surface area contributed by atoms with E-state index in [1.807, 2.05) is 6.07 Å². The second-order valence-electron chi connectivity index (χ2n) is 5.18. The average molecular weight is 358 g/mol. The second-order valence-corrected chi connectivity index (χ2v) is 5.18. The topological polar surface area (TPSA) is 92.7 Å². The van der Waals surface area contributed by atoms with Gasteiger partial charge in [-0.25, -0.2) is 0 Å². The number of pyridine rings is 1. The fraction of sp³-hybridized carbons (Fsp3) is 0.118. The molecule has 0 saturated heterocycles. The molecule has 6 nitrogen and oxygen atoms in total. The number of ketones is 1. The van der Waals surface area contributed by atoms with Gasteiger partial charge in [0.05, 0.1) is 11.8 Å². The van der Waals surface area contributed by atoms with Crippen LogP contribution < -0.4 is 0 Å². The maximum absolute atomic E-state index is 12.5. The number of benzene rings is 1. The van der Waals surface area contributed by atoms with Crippen molar-refractivity contribution in [3.63, 3.8) is 0 Å². The van der Waals surface area contributed by atoms with Gasteiger partial charge < -0.3 is 4.52 Å². The molecule has 0 spiro atoms. The number of rotatable bonds is 4. The Morgan fingerprint density at radius 2 is 1.88 bits per heavy atom. The molecule has 1 atom stereocenters. The van der Waals surface area contributed by atoms with Crippen LogP contribution in [-0.4, -0.2) is 20.9 Å². The summed E-state index contributed by atoms with van der Waals surface area (Å²) in [6, 6.07) is 12.3. The van der Waals surface area contributed by atoms with Crippen LogP contribution in [0.15, 0.2) is 53.2 Å². The lowest BCUT2D eigenvalue weighted by molar-refractivity contribution is -0.159. The van der Waals surface area contributed by atoms with E-state index in [0.717, 1.165) is 0 Å². The molecular weight excluding hydrogens is 349 g/mol. The van der Waals surface area contributed by atoms with Gasteiger partial charge in [-0.05, 0) is 12.1 Å². The first-order chi connectivity index (χ1) is 12.4. The first-order valence-corrected chi connectivity index (χ1v) is 7.26. The highest BCUT2D eigenvalue weighted by Crippen LogP contribution is 2.29. The Kier molecular flexibility index (Phi) is 4.49. The van der Waals surface area contributed by atoms with Gasteiger partial charge in [-0.3, -0.25) is 9.78 Å². The average Bonchev–Trinajstić information content (AvgIpc) is 3.14. The number of Topliss-reactive ketones (excluding diaryl/α,β-unsaturated/α-hetero) is 1. The van der Waals surface area contributed by atoms with E-state index in [-0.39, 0.29) is 17.0 Å². The van der Waals surface area contributed by atoms with E-state index in [2.05, 4.69) is 19.6 Å². The SMILES string of the molecule is N#CC(C(=O)c1ccc(-c2noc(C(F)(F)F)n2)cc1)c1ccccn1. The standard InChI is InChI=1S/C17H9F3N4O2/c18-17(19,20)16-23-15(24-26-16)11-6-4-10(5-7-11)14(25)12(9-21)13-3-1-2-8-22-13/h1-8,12H. The number of nitrogens with zero attached hydrogens (tertiary/aromatic N) is 4. The second kappa shape index (κ2) is 6.76. The number of hydrogen-bond donors (Lipinski definition) is 0. The van der Waals surface area contributed by atoms with E-state index in [9.17, 15) is 23.2 Å². The molecule has 130 valence electrons. The van der Waals surface area contributed by atoms with Gasteiger partial charge in [0.1, 0.15) is 0 Å². The lowest BCUT2D eigenvalue weighted by atomic mass is 9.95. The summed E-state index contributed by atoms with van der Waals surface area (Å²) in [6.07, 6.45) is -3.26. The third-order valence-electron chi connectivity index (χ3n) is 3.47. The molecule has 0 radical (unpaired) electrons. The zero-order chi connectivity index (χ0) is 18.7. The van der Waals surface area contributed by atoms with Crippen LogP contribution >= 0.6 is 0 Å². The third-order valence-corrected chi connectivity index (χ3v) is 3.47. The van der Waals surface area contributed by atoms with Crippen molar-refractivity contribution in [2.24, 2.45) is 0 Å². The summed E-state index contributed by atoms with van der Waals surface area (Å²) >= 11 is 0. The smallest absolute Gasteiger partial charge is 0.329 e. The summed E-state index contributed by atoms with van der Waals surface area (Å²) in [5.74, 6) is -3.25. The van der Waals surface area contributed by atoms with Crippen molar-refractivity contribution >= 4 is 5.78 Å². The van der Waals surface area contributed by atoms with Gasteiger partial charge in [0.2, 0.25) is 5.82 Å². The van der Waals surface area contributed by atoms with E-state index in [0.29, 0.717) is 5.69 Å². The summed E-state index contributed by atoms with van der Waals surface area (Å²) in [5.41, 5.74) is 0.773. The number of alkyl halides is 3. The van der Waals surface area contributed by atoms with E-state index >= 15 is 0 Å². The Balaban J connectivity index is 1.84. The molecule has 26 heavy (non-hydrogen) atoms. The van der Waals surface area contributed by atoms with Crippen LogP contribution in [0.1, 0.15) is 27.9 Å². The molecule has 0 fully saturated rings. The number of carbonyl (C=O) groups is 1. The predicted molar refractivity (Wildman–Crippen MR) is 81.7 cm³/mol. The Labute approximate surface area is 144 Å². The van der Waals surface area contributed by atoms with Gasteiger partial charge in [0.25, 0.3) is 0 Å². The van der Waals surface area contributed by atoms with Gasteiger partial charge in [-0.2, -0.15) is 23.4 Å². The minimum Gasteiger partial charge on any atom is -0.329 e. The first-order valence-electron chi connectivity index (χ1n) is 7.26. The van der Waals surface area contributed by atoms with Crippen molar-refractivity contribution < 1.29 is 22.5 Å². The molecule has 3 aromatic rings. The molecule has 0 aliphatic carbocycles. The largest absolute Gasteiger partial charge is 0.471 e. The van der Waals surface area contributed by atoms with Crippen molar-refractivity contribution in [3.8, 4) is 17.5 Å². The predicted octanol–water partition coefficient (Wildman–Crippen LogP) is 3.64. The van der Waals surface area contributed by atoms with Crippen molar-refractivity contribution in [1.29, 1.82) is 5.26 Å². The monoisotopic (exact) mass is 358 g/mol. The van der Waals surface area contributed by atoms with Crippen molar-refractivity contribution in [1.82, 2.24) is 15.1 Å². The molecule has 9 heteroatoms. The number of nitriles is 1. The Morgan fingerprint density at radius 1 is 1.15 bits per heavy atom. The molecule has 0 bridgehead atoms. The van der Waals surface area contributed by atoms with E-state index in [4.69, 9.17) is 0 Å². The summed E-state index contributed by atoms with van der Waals surface area (Å²) in [6.45, 7) is 0. The van der Waals surface area contributed by atoms with Crippen LogP contribution in [0, 0.1) is 11.3 Å². The first kappa shape index (κ1) is 17.3. The highest BCUT2D eigenvalue weighted by atomic mass is 19.4. The van der Waals surface area contributed by atoms with Crippen molar-refractivity contribution in [2.45, 2.75) is 12.1 Å². The molecule has 2 aromatic heterocycles. The highest BCUT2D eigenvalue weighted by molar-refractivity contribution is 6.02. The van der Waals surface area contributed by atoms with Gasteiger partial charge in [-0.15, -0.1) is 0 Å². The Bertz CT molecular complexity index is 960. The van der Waals surface area contributed by atoms with Crippen LogP contribution in [-0.2, 0) is 6.18 Å². The molecule has 1 aromatic carbocycles. The van der Waals surface area contributed by atoms with Gasteiger partial charge in [0.15, 0.2) is 11.7 Å².